The molecule has 0 amide bonds. The number of hydrogen-bond acceptors (Lipinski definition) is 4. The molecule has 1 aromatic carbocycles. The lowest BCUT2D eigenvalue weighted by Crippen LogP contribution is -2.27. The Morgan fingerprint density at radius 1 is 1.44 bits per heavy atom. The second kappa shape index (κ2) is 5.76. The van der Waals surface area contributed by atoms with Gasteiger partial charge in [0.25, 0.3) is 0 Å². The van der Waals surface area contributed by atoms with E-state index in [-0.39, 0.29) is 23.6 Å². The van der Waals surface area contributed by atoms with Crippen LogP contribution < -0.4 is 0 Å². The largest absolute Gasteiger partial charge is 0.295 e. The Labute approximate surface area is 107 Å². The number of carbonyl (C=O) groups excluding carboxylic acids is 1. The molecule has 0 aromatic heterocycles. The van der Waals surface area contributed by atoms with Crippen LogP contribution >= 0.6 is 0 Å². The van der Waals surface area contributed by atoms with Gasteiger partial charge in [-0.25, -0.2) is 8.42 Å². The highest BCUT2D eigenvalue weighted by atomic mass is 32.2. The molecule has 0 N–H and O–H groups in total. The van der Waals surface area contributed by atoms with E-state index in [0.717, 1.165) is 4.31 Å². The highest BCUT2D eigenvalue weighted by Gasteiger charge is 2.20. The van der Waals surface area contributed by atoms with E-state index in [9.17, 15) is 13.2 Å². The molecule has 1 aromatic rings. The fourth-order valence-corrected chi connectivity index (χ4v) is 2.60. The molecule has 5 nitrogen and oxygen atoms in total. The van der Waals surface area contributed by atoms with Gasteiger partial charge >= 0.3 is 0 Å². The van der Waals surface area contributed by atoms with Crippen LogP contribution in [0.1, 0.15) is 23.7 Å². The molecule has 18 heavy (non-hydrogen) atoms. The minimum atomic E-state index is -3.64. The smallest absolute Gasteiger partial charge is 0.242 e. The first-order chi connectivity index (χ1) is 8.39. The Bertz CT molecular complexity index is 588. The molecule has 96 valence electrons. The molecule has 0 aliphatic carbocycles. The first kappa shape index (κ1) is 14.4. The first-order valence-corrected chi connectivity index (χ1v) is 6.78. The number of nitrogens with zero attached hydrogens (tertiary/aromatic N) is 2. The van der Waals surface area contributed by atoms with Gasteiger partial charge in [0.15, 0.2) is 5.78 Å². The summed E-state index contributed by atoms with van der Waals surface area (Å²) in [6.45, 7) is 1.51. The molecule has 0 atom stereocenters. The highest BCUT2D eigenvalue weighted by Crippen LogP contribution is 2.16. The Morgan fingerprint density at radius 2 is 2.11 bits per heavy atom. The number of rotatable bonds is 5. The quantitative estimate of drug-likeness (QED) is 0.755. The second-order valence-corrected chi connectivity index (χ2v) is 5.86. The van der Waals surface area contributed by atoms with E-state index in [1.54, 1.807) is 6.07 Å². The highest BCUT2D eigenvalue weighted by molar-refractivity contribution is 7.89. The number of sulfonamides is 1. The molecule has 0 spiro atoms. The van der Waals surface area contributed by atoms with E-state index >= 15 is 0 Å². The first-order valence-electron chi connectivity index (χ1n) is 5.34. The molecule has 0 aliphatic rings. The standard InChI is InChI=1S/C12H14N2O3S/c1-10(15)11-5-3-6-12(9-11)18(16,17)14(2)8-4-7-13/h3,5-6,9H,4,8H2,1-2H3. The van der Waals surface area contributed by atoms with E-state index in [1.807, 2.05) is 6.07 Å². The monoisotopic (exact) mass is 266 g/mol. The maximum atomic E-state index is 12.1. The van der Waals surface area contributed by atoms with Gasteiger partial charge in [0.2, 0.25) is 10.0 Å². The van der Waals surface area contributed by atoms with E-state index in [2.05, 4.69) is 0 Å². The van der Waals surface area contributed by atoms with Crippen molar-refractivity contribution >= 4 is 15.8 Å². The van der Waals surface area contributed by atoms with Crippen molar-refractivity contribution in [2.24, 2.45) is 0 Å². The second-order valence-electron chi connectivity index (χ2n) is 3.82. The molecule has 0 heterocycles. The van der Waals surface area contributed by atoms with Crippen molar-refractivity contribution < 1.29 is 13.2 Å². The summed E-state index contributed by atoms with van der Waals surface area (Å²) in [5.74, 6) is -0.188. The predicted molar refractivity (Wildman–Crippen MR) is 66.5 cm³/mol. The third-order valence-corrected chi connectivity index (χ3v) is 4.34. The van der Waals surface area contributed by atoms with Crippen LogP contribution in [0.25, 0.3) is 0 Å². The molecule has 0 saturated carbocycles. The van der Waals surface area contributed by atoms with Crippen molar-refractivity contribution in [2.75, 3.05) is 13.6 Å². The molecule has 0 saturated heterocycles. The zero-order valence-electron chi connectivity index (χ0n) is 10.3. The summed E-state index contributed by atoms with van der Waals surface area (Å²) >= 11 is 0. The van der Waals surface area contributed by atoms with Crippen molar-refractivity contribution in [3.63, 3.8) is 0 Å². The van der Waals surface area contributed by atoms with Crippen LogP contribution in [0.2, 0.25) is 0 Å². The van der Waals surface area contributed by atoms with E-state index in [0.29, 0.717) is 5.56 Å². The van der Waals surface area contributed by atoms with Gasteiger partial charge in [-0.3, -0.25) is 4.79 Å². The topological polar surface area (TPSA) is 78.2 Å². The van der Waals surface area contributed by atoms with Crippen molar-refractivity contribution in [3.8, 4) is 6.07 Å². The third-order valence-electron chi connectivity index (χ3n) is 2.49. The lowest BCUT2D eigenvalue weighted by Gasteiger charge is -2.15. The number of hydrogen-bond donors (Lipinski definition) is 0. The molecule has 0 bridgehead atoms. The minimum absolute atomic E-state index is 0.0654. The zero-order chi connectivity index (χ0) is 13.8. The average molecular weight is 266 g/mol. The van der Waals surface area contributed by atoms with Crippen LogP contribution in [0.5, 0.6) is 0 Å². The summed E-state index contributed by atoms with van der Waals surface area (Å²) in [5, 5.41) is 8.45. The van der Waals surface area contributed by atoms with Gasteiger partial charge in [-0.15, -0.1) is 0 Å². The van der Waals surface area contributed by atoms with Gasteiger partial charge in [0, 0.05) is 25.6 Å². The van der Waals surface area contributed by atoms with Crippen LogP contribution in [0.3, 0.4) is 0 Å². The fraction of sp³-hybridized carbons (Fsp3) is 0.333. The van der Waals surface area contributed by atoms with Crippen LogP contribution in [-0.4, -0.2) is 32.1 Å². The van der Waals surface area contributed by atoms with Gasteiger partial charge in [-0.2, -0.15) is 9.57 Å². The van der Waals surface area contributed by atoms with Crippen LogP contribution in [0, 0.1) is 11.3 Å². The number of Topliss-reactive ketones (excluding diaryl/α,β-unsaturated/α-hetero) is 1. The number of carbonyl (C=O) groups is 1. The summed E-state index contributed by atoms with van der Waals surface area (Å²) < 4.78 is 25.3. The SMILES string of the molecule is CC(=O)c1cccc(S(=O)(=O)N(C)CCC#N)c1. The van der Waals surface area contributed by atoms with Gasteiger partial charge in [0.1, 0.15) is 0 Å². The van der Waals surface area contributed by atoms with E-state index < -0.39 is 10.0 Å². The average Bonchev–Trinajstić information content (AvgIpc) is 2.35. The van der Waals surface area contributed by atoms with E-state index in [1.165, 1.54) is 32.2 Å². The summed E-state index contributed by atoms with van der Waals surface area (Å²) in [7, 11) is -2.23. The number of nitriles is 1. The molecular weight excluding hydrogens is 252 g/mol. The van der Waals surface area contributed by atoms with Crippen molar-refractivity contribution in [1.29, 1.82) is 5.26 Å². The van der Waals surface area contributed by atoms with Crippen LogP contribution in [0.15, 0.2) is 29.2 Å². The predicted octanol–water partition coefficient (Wildman–Crippen LogP) is 1.42. The lowest BCUT2D eigenvalue weighted by molar-refractivity contribution is 0.101. The molecule has 0 radical (unpaired) electrons. The zero-order valence-corrected chi connectivity index (χ0v) is 11.1. The van der Waals surface area contributed by atoms with Crippen LogP contribution in [0.4, 0.5) is 0 Å². The Balaban J connectivity index is 3.09. The Morgan fingerprint density at radius 3 is 2.67 bits per heavy atom. The summed E-state index contributed by atoms with van der Waals surface area (Å²) in [4.78, 5) is 11.3. The molecule has 0 fully saturated rings. The Hall–Kier alpha value is -1.71. The van der Waals surface area contributed by atoms with Crippen LogP contribution in [-0.2, 0) is 10.0 Å². The third kappa shape index (κ3) is 3.15. The molecular formula is C12H14N2O3S. The van der Waals surface area contributed by atoms with Crippen molar-refractivity contribution in [3.05, 3.63) is 29.8 Å². The maximum absolute atomic E-state index is 12.1. The summed E-state index contributed by atoms with van der Waals surface area (Å²) in [6, 6.07) is 7.77. The van der Waals surface area contributed by atoms with Crippen molar-refractivity contribution in [2.45, 2.75) is 18.2 Å². The fourth-order valence-electron chi connectivity index (χ4n) is 1.38. The molecule has 0 aliphatic heterocycles. The van der Waals surface area contributed by atoms with Gasteiger partial charge < -0.3 is 0 Å². The van der Waals surface area contributed by atoms with Crippen molar-refractivity contribution in [1.82, 2.24) is 4.31 Å². The lowest BCUT2D eigenvalue weighted by atomic mass is 10.2. The van der Waals surface area contributed by atoms with Gasteiger partial charge in [-0.05, 0) is 19.1 Å². The normalized spacial score (nSPS) is 11.2. The van der Waals surface area contributed by atoms with E-state index in [4.69, 9.17) is 5.26 Å². The minimum Gasteiger partial charge on any atom is -0.295 e. The summed E-state index contributed by atoms with van der Waals surface area (Å²) in [5.41, 5.74) is 0.352. The number of benzene rings is 1. The summed E-state index contributed by atoms with van der Waals surface area (Å²) in [6.07, 6.45) is 0.127. The van der Waals surface area contributed by atoms with Gasteiger partial charge in [0.05, 0.1) is 11.0 Å². The number of ketones is 1. The molecule has 1 rings (SSSR count). The molecule has 0 unspecified atom stereocenters. The van der Waals surface area contributed by atoms with Gasteiger partial charge in [-0.1, -0.05) is 12.1 Å². The molecule has 6 heteroatoms. The Kier molecular flexibility index (Phi) is 4.59. The maximum Gasteiger partial charge on any atom is 0.242 e.